The lowest BCUT2D eigenvalue weighted by molar-refractivity contribution is 0.0796. The van der Waals surface area contributed by atoms with Crippen LogP contribution in [-0.4, -0.2) is 52.4 Å². The largest absolute Gasteiger partial charge is 0.341 e. The molecule has 0 unspecified atom stereocenters. The van der Waals surface area contributed by atoms with Gasteiger partial charge < -0.3 is 9.80 Å². The summed E-state index contributed by atoms with van der Waals surface area (Å²) >= 11 is 0. The minimum Gasteiger partial charge on any atom is -0.341 e. The van der Waals surface area contributed by atoms with E-state index in [9.17, 15) is 4.79 Å². The highest BCUT2D eigenvalue weighted by Crippen LogP contribution is 2.15. The summed E-state index contributed by atoms with van der Waals surface area (Å²) in [6, 6.07) is 3.94. The first kappa shape index (κ1) is 17.3. The van der Waals surface area contributed by atoms with E-state index >= 15 is 0 Å². The van der Waals surface area contributed by atoms with E-state index in [1.54, 1.807) is 29.7 Å². The van der Waals surface area contributed by atoms with Crippen LogP contribution in [-0.2, 0) is 6.42 Å². The third-order valence-corrected chi connectivity index (χ3v) is 4.61. The first-order valence-electron chi connectivity index (χ1n) is 8.95. The number of anilines is 1. The van der Waals surface area contributed by atoms with Gasteiger partial charge in [0.15, 0.2) is 0 Å². The van der Waals surface area contributed by atoms with Gasteiger partial charge in [-0.1, -0.05) is 12.8 Å². The van der Waals surface area contributed by atoms with Crippen molar-refractivity contribution in [2.24, 2.45) is 0 Å². The van der Waals surface area contributed by atoms with Crippen molar-refractivity contribution in [1.29, 1.82) is 0 Å². The van der Waals surface area contributed by atoms with Gasteiger partial charge in [0.2, 0.25) is 5.95 Å². The van der Waals surface area contributed by atoms with E-state index in [0.29, 0.717) is 12.1 Å². The van der Waals surface area contributed by atoms with Gasteiger partial charge in [0, 0.05) is 51.5 Å². The SMILES string of the molecule is CN(CCc1ccncc1)C(=O)c1cnc(N2CCCCCC2)nc1. The van der Waals surface area contributed by atoms with E-state index in [1.807, 2.05) is 19.2 Å². The summed E-state index contributed by atoms with van der Waals surface area (Å²) < 4.78 is 0. The fourth-order valence-electron chi connectivity index (χ4n) is 3.03. The second-order valence-electron chi connectivity index (χ2n) is 6.51. The summed E-state index contributed by atoms with van der Waals surface area (Å²) in [6.07, 6.45) is 12.6. The Hall–Kier alpha value is -2.50. The van der Waals surface area contributed by atoms with Gasteiger partial charge in [-0.3, -0.25) is 9.78 Å². The summed E-state index contributed by atoms with van der Waals surface area (Å²) in [6.45, 7) is 2.65. The fraction of sp³-hybridized carbons (Fsp3) is 0.474. The molecule has 3 heterocycles. The number of hydrogen-bond acceptors (Lipinski definition) is 5. The predicted octanol–water partition coefficient (Wildman–Crippen LogP) is 2.57. The van der Waals surface area contributed by atoms with Crippen molar-refractivity contribution in [1.82, 2.24) is 19.9 Å². The highest BCUT2D eigenvalue weighted by atomic mass is 16.2. The molecule has 2 aromatic rings. The minimum atomic E-state index is -0.0449. The molecule has 0 spiro atoms. The molecule has 3 rings (SSSR count). The Balaban J connectivity index is 1.57. The van der Waals surface area contributed by atoms with E-state index < -0.39 is 0 Å². The maximum atomic E-state index is 12.5. The Morgan fingerprint density at radius 3 is 2.36 bits per heavy atom. The van der Waals surface area contributed by atoms with Gasteiger partial charge in [0.25, 0.3) is 5.91 Å². The van der Waals surface area contributed by atoms with Crippen molar-refractivity contribution in [3.05, 3.63) is 48.0 Å². The molecule has 0 atom stereocenters. The molecule has 2 aromatic heterocycles. The van der Waals surface area contributed by atoms with Crippen molar-refractivity contribution >= 4 is 11.9 Å². The number of carbonyl (C=O) groups is 1. The number of hydrogen-bond donors (Lipinski definition) is 0. The van der Waals surface area contributed by atoms with Gasteiger partial charge in [0.1, 0.15) is 0 Å². The van der Waals surface area contributed by atoms with Crippen LogP contribution in [0.15, 0.2) is 36.9 Å². The molecule has 1 aliphatic rings. The number of rotatable bonds is 5. The second-order valence-corrected chi connectivity index (χ2v) is 6.51. The number of pyridine rings is 1. The molecule has 0 aliphatic carbocycles. The summed E-state index contributed by atoms with van der Waals surface area (Å²) in [5.74, 6) is 0.689. The smallest absolute Gasteiger partial charge is 0.256 e. The van der Waals surface area contributed by atoms with Crippen molar-refractivity contribution in [2.75, 3.05) is 31.6 Å². The topological polar surface area (TPSA) is 62.2 Å². The van der Waals surface area contributed by atoms with Crippen molar-refractivity contribution in [3.8, 4) is 0 Å². The molecule has 25 heavy (non-hydrogen) atoms. The van der Waals surface area contributed by atoms with Gasteiger partial charge in [-0.05, 0) is 37.0 Å². The van der Waals surface area contributed by atoms with Crippen molar-refractivity contribution < 1.29 is 4.79 Å². The molecule has 0 N–H and O–H groups in total. The Kier molecular flexibility index (Phi) is 5.93. The van der Waals surface area contributed by atoms with Crippen LogP contribution >= 0.6 is 0 Å². The Morgan fingerprint density at radius 2 is 1.72 bits per heavy atom. The number of amides is 1. The van der Waals surface area contributed by atoms with Crippen LogP contribution < -0.4 is 4.90 Å². The zero-order valence-electron chi connectivity index (χ0n) is 14.8. The van der Waals surface area contributed by atoms with Crippen LogP contribution in [0.3, 0.4) is 0 Å². The quantitative estimate of drug-likeness (QED) is 0.838. The van der Waals surface area contributed by atoms with Gasteiger partial charge in [0.05, 0.1) is 5.56 Å². The van der Waals surface area contributed by atoms with E-state index in [4.69, 9.17) is 0 Å². The molecule has 0 radical (unpaired) electrons. The van der Waals surface area contributed by atoms with Crippen molar-refractivity contribution in [2.45, 2.75) is 32.1 Å². The summed E-state index contributed by atoms with van der Waals surface area (Å²) in [5, 5.41) is 0. The lowest BCUT2D eigenvalue weighted by Crippen LogP contribution is -2.30. The lowest BCUT2D eigenvalue weighted by atomic mass is 10.2. The number of aromatic nitrogens is 3. The highest BCUT2D eigenvalue weighted by Gasteiger charge is 2.16. The van der Waals surface area contributed by atoms with Gasteiger partial charge in [-0.15, -0.1) is 0 Å². The average molecular weight is 339 g/mol. The van der Waals surface area contributed by atoms with Gasteiger partial charge in [-0.25, -0.2) is 9.97 Å². The molecule has 1 aliphatic heterocycles. The molecule has 0 aromatic carbocycles. The second kappa shape index (κ2) is 8.55. The van der Waals surface area contributed by atoms with Gasteiger partial charge >= 0.3 is 0 Å². The minimum absolute atomic E-state index is 0.0449. The molecule has 6 heteroatoms. The van der Waals surface area contributed by atoms with Crippen LogP contribution in [0.5, 0.6) is 0 Å². The summed E-state index contributed by atoms with van der Waals surface area (Å²) in [5.41, 5.74) is 1.71. The molecule has 0 bridgehead atoms. The molecule has 1 amide bonds. The van der Waals surface area contributed by atoms with Crippen LogP contribution in [0.1, 0.15) is 41.6 Å². The number of likely N-dealkylation sites (N-methyl/N-ethyl adjacent to an activating group) is 1. The molecule has 1 saturated heterocycles. The highest BCUT2D eigenvalue weighted by molar-refractivity contribution is 5.93. The third kappa shape index (κ3) is 4.75. The predicted molar refractivity (Wildman–Crippen MR) is 97.6 cm³/mol. The standard InChI is InChI=1S/C19H25N5O/c1-23(13-8-16-6-9-20-10-7-16)18(25)17-14-21-19(22-15-17)24-11-4-2-3-5-12-24/h6-7,9-10,14-15H,2-5,8,11-13H2,1H3. The summed E-state index contributed by atoms with van der Waals surface area (Å²) in [4.78, 5) is 29.3. The van der Waals surface area contributed by atoms with Crippen molar-refractivity contribution in [3.63, 3.8) is 0 Å². The third-order valence-electron chi connectivity index (χ3n) is 4.61. The number of carbonyl (C=O) groups excluding carboxylic acids is 1. The Morgan fingerprint density at radius 1 is 1.08 bits per heavy atom. The van der Waals surface area contributed by atoms with Crippen LogP contribution in [0, 0.1) is 0 Å². The molecular weight excluding hydrogens is 314 g/mol. The fourth-order valence-corrected chi connectivity index (χ4v) is 3.03. The van der Waals surface area contributed by atoms with Crippen LogP contribution in [0.25, 0.3) is 0 Å². The maximum absolute atomic E-state index is 12.5. The first-order chi connectivity index (χ1) is 12.2. The maximum Gasteiger partial charge on any atom is 0.256 e. The molecule has 6 nitrogen and oxygen atoms in total. The van der Waals surface area contributed by atoms with Crippen LogP contribution in [0.4, 0.5) is 5.95 Å². The summed E-state index contributed by atoms with van der Waals surface area (Å²) in [7, 11) is 1.81. The van der Waals surface area contributed by atoms with Crippen LogP contribution in [0.2, 0.25) is 0 Å². The zero-order chi connectivity index (χ0) is 17.5. The van der Waals surface area contributed by atoms with Gasteiger partial charge in [-0.2, -0.15) is 0 Å². The lowest BCUT2D eigenvalue weighted by Gasteiger charge is -2.20. The van der Waals surface area contributed by atoms with E-state index in [1.165, 1.54) is 31.2 Å². The average Bonchev–Trinajstić information content (AvgIpc) is 2.96. The molecular formula is C19H25N5O. The van der Waals surface area contributed by atoms with E-state index in [0.717, 1.165) is 25.5 Å². The molecule has 1 fully saturated rings. The molecule has 0 saturated carbocycles. The number of nitrogens with zero attached hydrogens (tertiary/aromatic N) is 5. The monoisotopic (exact) mass is 339 g/mol. The molecule has 132 valence electrons. The zero-order valence-corrected chi connectivity index (χ0v) is 14.8. The first-order valence-corrected chi connectivity index (χ1v) is 8.95. The van der Waals surface area contributed by atoms with E-state index in [2.05, 4.69) is 19.9 Å². The normalized spacial score (nSPS) is 14.8. The van der Waals surface area contributed by atoms with E-state index in [-0.39, 0.29) is 5.91 Å². The Bertz CT molecular complexity index is 666. The Labute approximate surface area is 148 Å².